The average molecular weight is 234 g/mol. The van der Waals surface area contributed by atoms with Gasteiger partial charge in [-0.05, 0) is 13.8 Å². The topological polar surface area (TPSA) is 44.9 Å². The number of ether oxygens (including phenoxy) is 1. The van der Waals surface area contributed by atoms with Gasteiger partial charge in [0.05, 0.1) is 38.0 Å². The van der Waals surface area contributed by atoms with Crippen LogP contribution in [-0.2, 0) is 4.74 Å². The van der Waals surface area contributed by atoms with Crippen LogP contribution in [-0.4, -0.2) is 32.3 Å². The summed E-state index contributed by atoms with van der Waals surface area (Å²) in [7, 11) is 0. The molecule has 0 aliphatic carbocycles. The first kappa shape index (κ1) is 11.9. The first-order chi connectivity index (χ1) is 8.27. The molecule has 0 amide bonds. The second-order valence-corrected chi connectivity index (χ2v) is 4.26. The summed E-state index contributed by atoms with van der Waals surface area (Å²) in [6.07, 6.45) is 11.1. The van der Waals surface area contributed by atoms with Crippen LogP contribution < -0.4 is 0 Å². The average Bonchev–Trinajstić information content (AvgIpc) is 3.02. The van der Waals surface area contributed by atoms with Crippen molar-refractivity contribution >= 4 is 0 Å². The zero-order valence-electron chi connectivity index (χ0n) is 10.2. The summed E-state index contributed by atoms with van der Waals surface area (Å²) in [5.74, 6) is 0. The summed E-state index contributed by atoms with van der Waals surface area (Å²) in [4.78, 5) is 8.04. The van der Waals surface area contributed by atoms with Crippen molar-refractivity contribution in [2.45, 2.75) is 25.9 Å². The molecule has 2 atom stereocenters. The summed E-state index contributed by atoms with van der Waals surface area (Å²) in [6.45, 7) is 5.61. The molecule has 2 aromatic heterocycles. The van der Waals surface area contributed by atoms with Crippen LogP contribution in [0.2, 0.25) is 0 Å². The predicted molar refractivity (Wildman–Crippen MR) is 64.7 cm³/mol. The molecule has 0 saturated carbocycles. The lowest BCUT2D eigenvalue weighted by molar-refractivity contribution is 0.0848. The highest BCUT2D eigenvalue weighted by molar-refractivity contribution is 4.80. The zero-order chi connectivity index (χ0) is 12.1. The lowest BCUT2D eigenvalue weighted by Crippen LogP contribution is -2.16. The van der Waals surface area contributed by atoms with Gasteiger partial charge in [-0.1, -0.05) is 0 Å². The maximum Gasteiger partial charge on any atom is 0.0949 e. The Labute approximate surface area is 101 Å². The Bertz CT molecular complexity index is 369. The lowest BCUT2D eigenvalue weighted by Gasteiger charge is -2.17. The third-order valence-electron chi connectivity index (χ3n) is 2.79. The van der Waals surface area contributed by atoms with E-state index in [1.54, 1.807) is 12.4 Å². The maximum atomic E-state index is 5.71. The number of imidazole rings is 2. The molecule has 2 heterocycles. The van der Waals surface area contributed by atoms with E-state index in [1.807, 2.05) is 34.2 Å². The first-order valence-electron chi connectivity index (χ1n) is 5.80. The van der Waals surface area contributed by atoms with Crippen LogP contribution in [0.3, 0.4) is 0 Å². The molecule has 0 bridgehead atoms. The fourth-order valence-corrected chi connectivity index (χ4v) is 1.64. The van der Waals surface area contributed by atoms with Crippen LogP contribution in [0.4, 0.5) is 0 Å². The minimum atomic E-state index is 0.312. The Balaban J connectivity index is 1.73. The number of hydrogen-bond acceptors (Lipinski definition) is 3. The third-order valence-corrected chi connectivity index (χ3v) is 2.79. The molecule has 5 nitrogen and oxygen atoms in total. The van der Waals surface area contributed by atoms with Crippen molar-refractivity contribution in [3.8, 4) is 0 Å². The van der Waals surface area contributed by atoms with Gasteiger partial charge in [0.25, 0.3) is 0 Å². The molecule has 0 N–H and O–H groups in total. The van der Waals surface area contributed by atoms with E-state index in [2.05, 4.69) is 23.8 Å². The normalized spacial score (nSPS) is 14.7. The van der Waals surface area contributed by atoms with Gasteiger partial charge in [-0.2, -0.15) is 0 Å². The summed E-state index contributed by atoms with van der Waals surface area (Å²) in [6, 6.07) is 0.625. The van der Waals surface area contributed by atoms with Crippen LogP contribution in [0.1, 0.15) is 25.9 Å². The van der Waals surface area contributed by atoms with E-state index in [9.17, 15) is 0 Å². The Morgan fingerprint density at radius 3 is 1.76 bits per heavy atom. The van der Waals surface area contributed by atoms with Crippen molar-refractivity contribution in [1.29, 1.82) is 0 Å². The molecule has 0 spiro atoms. The van der Waals surface area contributed by atoms with Crippen LogP contribution >= 0.6 is 0 Å². The largest absolute Gasteiger partial charge is 0.377 e. The van der Waals surface area contributed by atoms with Crippen LogP contribution in [0.5, 0.6) is 0 Å². The molecule has 2 aromatic rings. The molecule has 0 saturated heterocycles. The van der Waals surface area contributed by atoms with E-state index in [-0.39, 0.29) is 0 Å². The van der Waals surface area contributed by atoms with E-state index in [4.69, 9.17) is 4.74 Å². The molecule has 0 unspecified atom stereocenters. The van der Waals surface area contributed by atoms with Gasteiger partial charge < -0.3 is 13.9 Å². The number of aromatic nitrogens is 4. The molecule has 2 rings (SSSR count). The van der Waals surface area contributed by atoms with Crippen LogP contribution in [0.25, 0.3) is 0 Å². The Kier molecular flexibility index (Phi) is 3.93. The standard InChI is InChI=1S/C12H18N4O/c1-11(15-5-3-13-9-15)7-17-8-12(2)16-6-4-14-10-16/h3-6,9-12H,7-8H2,1-2H3/t11-,12-/m0/s1. The van der Waals surface area contributed by atoms with Gasteiger partial charge >= 0.3 is 0 Å². The van der Waals surface area contributed by atoms with Gasteiger partial charge in [-0.15, -0.1) is 0 Å². The predicted octanol–water partition coefficient (Wildman–Crippen LogP) is 1.92. The van der Waals surface area contributed by atoms with Crippen molar-refractivity contribution in [2.24, 2.45) is 0 Å². The van der Waals surface area contributed by atoms with E-state index >= 15 is 0 Å². The van der Waals surface area contributed by atoms with Crippen LogP contribution in [0.15, 0.2) is 37.4 Å². The van der Waals surface area contributed by atoms with E-state index in [1.165, 1.54) is 0 Å². The minimum Gasteiger partial charge on any atom is -0.377 e. The van der Waals surface area contributed by atoms with E-state index in [0.717, 1.165) is 0 Å². The molecule has 5 heteroatoms. The summed E-state index contributed by atoms with van der Waals surface area (Å²) in [5.41, 5.74) is 0. The molecule has 17 heavy (non-hydrogen) atoms. The highest BCUT2D eigenvalue weighted by Gasteiger charge is 2.07. The molecular weight excluding hydrogens is 216 g/mol. The first-order valence-corrected chi connectivity index (χ1v) is 5.80. The minimum absolute atomic E-state index is 0.312. The fourth-order valence-electron chi connectivity index (χ4n) is 1.64. The Hall–Kier alpha value is -1.62. The monoisotopic (exact) mass is 234 g/mol. The van der Waals surface area contributed by atoms with E-state index < -0.39 is 0 Å². The third kappa shape index (κ3) is 3.17. The SMILES string of the molecule is C[C@@H](COC[C@H](C)n1ccnc1)n1ccnc1. The molecule has 0 aromatic carbocycles. The number of rotatable bonds is 6. The summed E-state index contributed by atoms with van der Waals surface area (Å²) < 4.78 is 9.79. The summed E-state index contributed by atoms with van der Waals surface area (Å²) in [5, 5.41) is 0. The quantitative estimate of drug-likeness (QED) is 0.767. The van der Waals surface area contributed by atoms with Gasteiger partial charge in [-0.25, -0.2) is 9.97 Å². The van der Waals surface area contributed by atoms with Gasteiger partial charge in [0.1, 0.15) is 0 Å². The van der Waals surface area contributed by atoms with Gasteiger partial charge in [-0.3, -0.25) is 0 Å². The number of nitrogens with zero attached hydrogens (tertiary/aromatic N) is 4. The van der Waals surface area contributed by atoms with Crippen molar-refractivity contribution < 1.29 is 4.74 Å². The second kappa shape index (κ2) is 5.63. The second-order valence-electron chi connectivity index (χ2n) is 4.26. The molecule has 0 radical (unpaired) electrons. The summed E-state index contributed by atoms with van der Waals surface area (Å²) >= 11 is 0. The maximum absolute atomic E-state index is 5.71. The molecule has 0 aliphatic heterocycles. The highest BCUT2D eigenvalue weighted by atomic mass is 16.5. The van der Waals surface area contributed by atoms with Gasteiger partial charge in [0.2, 0.25) is 0 Å². The fraction of sp³-hybridized carbons (Fsp3) is 0.500. The van der Waals surface area contributed by atoms with Gasteiger partial charge in [0.15, 0.2) is 0 Å². The van der Waals surface area contributed by atoms with Crippen molar-refractivity contribution in [2.75, 3.05) is 13.2 Å². The zero-order valence-corrected chi connectivity index (χ0v) is 10.2. The van der Waals surface area contributed by atoms with E-state index in [0.29, 0.717) is 25.3 Å². The van der Waals surface area contributed by atoms with Gasteiger partial charge in [0, 0.05) is 24.8 Å². The van der Waals surface area contributed by atoms with Crippen molar-refractivity contribution in [3.05, 3.63) is 37.4 Å². The lowest BCUT2D eigenvalue weighted by atomic mass is 10.3. The molecule has 92 valence electrons. The molecule has 0 aliphatic rings. The molecule has 0 fully saturated rings. The molecular formula is C12H18N4O. The highest BCUT2D eigenvalue weighted by Crippen LogP contribution is 2.08. The van der Waals surface area contributed by atoms with Crippen LogP contribution in [0, 0.1) is 0 Å². The smallest absolute Gasteiger partial charge is 0.0949 e. The Morgan fingerprint density at radius 1 is 0.941 bits per heavy atom. The number of hydrogen-bond donors (Lipinski definition) is 0. The van der Waals surface area contributed by atoms with Crippen molar-refractivity contribution in [3.63, 3.8) is 0 Å². The Morgan fingerprint density at radius 2 is 1.41 bits per heavy atom. The van der Waals surface area contributed by atoms with Crippen molar-refractivity contribution in [1.82, 2.24) is 19.1 Å².